The van der Waals surface area contributed by atoms with Crippen molar-refractivity contribution in [3.63, 3.8) is 0 Å². The molecule has 0 heterocycles. The molecule has 1 fully saturated rings. The summed E-state index contributed by atoms with van der Waals surface area (Å²) in [5.74, 6) is 1.10. The summed E-state index contributed by atoms with van der Waals surface area (Å²) >= 11 is 0. The van der Waals surface area contributed by atoms with Crippen LogP contribution in [0, 0.1) is 5.92 Å². The highest BCUT2D eigenvalue weighted by atomic mass is 32.2. The molecule has 16 heavy (non-hydrogen) atoms. The molecule has 96 valence electrons. The number of hydrogen-bond donors (Lipinski definition) is 1. The summed E-state index contributed by atoms with van der Waals surface area (Å²) in [6.07, 6.45) is 7.66. The molecule has 1 aliphatic carbocycles. The van der Waals surface area contributed by atoms with Gasteiger partial charge in [-0.3, -0.25) is 0 Å². The Morgan fingerprint density at radius 2 is 1.69 bits per heavy atom. The van der Waals surface area contributed by atoms with Gasteiger partial charge in [0.05, 0.1) is 5.75 Å². The van der Waals surface area contributed by atoms with Crippen molar-refractivity contribution in [2.45, 2.75) is 64.8 Å². The van der Waals surface area contributed by atoms with Crippen molar-refractivity contribution in [3.05, 3.63) is 0 Å². The summed E-state index contributed by atoms with van der Waals surface area (Å²) in [6, 6.07) is 0.199. The minimum Gasteiger partial charge on any atom is -0.212 e. The first-order chi connectivity index (χ1) is 7.57. The summed E-state index contributed by atoms with van der Waals surface area (Å²) in [4.78, 5) is 0. The third-order valence-electron chi connectivity index (χ3n) is 3.36. The highest BCUT2D eigenvalue weighted by molar-refractivity contribution is 7.89. The van der Waals surface area contributed by atoms with Crippen molar-refractivity contribution in [1.29, 1.82) is 0 Å². The predicted octanol–water partition coefficient (Wildman–Crippen LogP) is 2.67. The Bertz CT molecular complexity index is 279. The normalized spacial score (nSPS) is 26.9. The highest BCUT2D eigenvalue weighted by Gasteiger charge is 2.23. The van der Waals surface area contributed by atoms with Gasteiger partial charge in [-0.25, -0.2) is 13.1 Å². The molecule has 0 bridgehead atoms. The molecule has 1 N–H and O–H groups in total. The van der Waals surface area contributed by atoms with E-state index in [0.29, 0.717) is 6.42 Å². The maximum Gasteiger partial charge on any atom is 0.211 e. The lowest BCUT2D eigenvalue weighted by Crippen LogP contribution is -2.38. The fraction of sp³-hybridized carbons (Fsp3) is 1.00. The molecule has 0 unspecified atom stereocenters. The Morgan fingerprint density at radius 3 is 2.19 bits per heavy atom. The molecule has 0 amide bonds. The fourth-order valence-electron chi connectivity index (χ4n) is 2.56. The van der Waals surface area contributed by atoms with Crippen LogP contribution in [0.5, 0.6) is 0 Å². The second-order valence-corrected chi connectivity index (χ2v) is 6.82. The number of hydrogen-bond acceptors (Lipinski definition) is 2. The second-order valence-electron chi connectivity index (χ2n) is 4.94. The number of sulfonamides is 1. The number of rotatable bonds is 6. The first-order valence-corrected chi connectivity index (χ1v) is 8.22. The van der Waals surface area contributed by atoms with E-state index in [1.54, 1.807) is 0 Å². The molecular weight excluding hydrogens is 222 g/mol. The van der Waals surface area contributed by atoms with Gasteiger partial charge in [0.2, 0.25) is 10.0 Å². The van der Waals surface area contributed by atoms with Crippen LogP contribution in [-0.2, 0) is 10.0 Å². The summed E-state index contributed by atoms with van der Waals surface area (Å²) in [6.45, 7) is 4.12. The Morgan fingerprint density at radius 1 is 1.06 bits per heavy atom. The van der Waals surface area contributed by atoms with Crippen LogP contribution in [0.15, 0.2) is 0 Å². The van der Waals surface area contributed by atoms with Gasteiger partial charge in [-0.15, -0.1) is 0 Å². The molecule has 0 radical (unpaired) electrons. The molecule has 4 heteroatoms. The zero-order valence-corrected chi connectivity index (χ0v) is 11.4. The molecule has 0 atom stereocenters. The molecule has 0 aromatic carbocycles. The molecule has 0 aliphatic heterocycles. The van der Waals surface area contributed by atoms with Crippen molar-refractivity contribution >= 4 is 10.0 Å². The zero-order chi connectivity index (χ0) is 12.0. The van der Waals surface area contributed by atoms with Crippen LogP contribution < -0.4 is 4.72 Å². The minimum atomic E-state index is -3.01. The average molecular weight is 247 g/mol. The topological polar surface area (TPSA) is 46.2 Å². The smallest absolute Gasteiger partial charge is 0.211 e. The third-order valence-corrected chi connectivity index (χ3v) is 5.00. The van der Waals surface area contributed by atoms with Gasteiger partial charge in [0.15, 0.2) is 0 Å². The van der Waals surface area contributed by atoms with Crippen molar-refractivity contribution in [3.8, 4) is 0 Å². The highest BCUT2D eigenvalue weighted by Crippen LogP contribution is 2.27. The lowest BCUT2D eigenvalue weighted by Gasteiger charge is -2.28. The molecule has 0 aromatic rings. The summed E-state index contributed by atoms with van der Waals surface area (Å²) in [7, 11) is -3.01. The molecule has 1 rings (SSSR count). The maximum atomic E-state index is 11.6. The Hall–Kier alpha value is -0.0900. The van der Waals surface area contributed by atoms with E-state index in [-0.39, 0.29) is 11.8 Å². The number of nitrogens with one attached hydrogen (secondary N) is 1. The Labute approximate surface area is 100 Å². The molecule has 0 saturated heterocycles. The van der Waals surface area contributed by atoms with E-state index in [1.807, 2.05) is 6.92 Å². The van der Waals surface area contributed by atoms with E-state index in [2.05, 4.69) is 11.6 Å². The molecule has 1 aliphatic rings. The van der Waals surface area contributed by atoms with Gasteiger partial charge < -0.3 is 0 Å². The van der Waals surface area contributed by atoms with Crippen LogP contribution in [0.3, 0.4) is 0 Å². The van der Waals surface area contributed by atoms with Crippen molar-refractivity contribution in [2.24, 2.45) is 5.92 Å². The van der Waals surface area contributed by atoms with Crippen molar-refractivity contribution in [1.82, 2.24) is 4.72 Å². The quantitative estimate of drug-likeness (QED) is 0.784. The third kappa shape index (κ3) is 4.83. The van der Waals surface area contributed by atoms with Gasteiger partial charge in [-0.2, -0.15) is 0 Å². The maximum absolute atomic E-state index is 11.6. The van der Waals surface area contributed by atoms with E-state index < -0.39 is 10.0 Å². The largest absolute Gasteiger partial charge is 0.212 e. The average Bonchev–Trinajstić information content (AvgIpc) is 2.21. The van der Waals surface area contributed by atoms with E-state index >= 15 is 0 Å². The monoisotopic (exact) mass is 247 g/mol. The first kappa shape index (κ1) is 14.0. The van der Waals surface area contributed by atoms with E-state index in [4.69, 9.17) is 0 Å². The van der Waals surface area contributed by atoms with Gasteiger partial charge >= 0.3 is 0 Å². The van der Waals surface area contributed by atoms with Gasteiger partial charge in [0, 0.05) is 6.04 Å². The fourth-order valence-corrected chi connectivity index (χ4v) is 3.96. The summed E-state index contributed by atoms with van der Waals surface area (Å²) in [5.41, 5.74) is 0. The molecular formula is C12H25NO2S. The van der Waals surface area contributed by atoms with Crippen molar-refractivity contribution in [2.75, 3.05) is 5.75 Å². The lowest BCUT2D eigenvalue weighted by molar-refractivity contribution is 0.297. The van der Waals surface area contributed by atoms with Crippen LogP contribution in [0.4, 0.5) is 0 Å². The van der Waals surface area contributed by atoms with E-state index in [0.717, 1.165) is 18.8 Å². The van der Waals surface area contributed by atoms with E-state index in [9.17, 15) is 8.42 Å². The Balaban J connectivity index is 2.32. The second kappa shape index (κ2) is 6.60. The zero-order valence-electron chi connectivity index (χ0n) is 10.5. The van der Waals surface area contributed by atoms with Crippen LogP contribution in [0.2, 0.25) is 0 Å². The molecule has 3 nitrogen and oxygen atoms in total. The van der Waals surface area contributed by atoms with Gasteiger partial charge in [-0.05, 0) is 38.0 Å². The van der Waals surface area contributed by atoms with Gasteiger partial charge in [0.1, 0.15) is 0 Å². The van der Waals surface area contributed by atoms with Crippen molar-refractivity contribution < 1.29 is 8.42 Å². The predicted molar refractivity (Wildman–Crippen MR) is 67.9 cm³/mol. The molecule has 0 aromatic heterocycles. The summed E-state index contributed by atoms with van der Waals surface area (Å²) < 4.78 is 26.0. The van der Waals surface area contributed by atoms with Crippen LogP contribution >= 0.6 is 0 Å². The van der Waals surface area contributed by atoms with Gasteiger partial charge in [-0.1, -0.05) is 26.7 Å². The molecule has 1 saturated carbocycles. The minimum absolute atomic E-state index is 0.199. The van der Waals surface area contributed by atoms with Crippen LogP contribution in [0.25, 0.3) is 0 Å². The summed E-state index contributed by atoms with van der Waals surface area (Å²) in [5, 5.41) is 0. The van der Waals surface area contributed by atoms with Crippen LogP contribution in [0.1, 0.15) is 58.8 Å². The SMILES string of the molecule is CCCC1CCC(NS(=O)(=O)CCC)CC1. The van der Waals surface area contributed by atoms with Gasteiger partial charge in [0.25, 0.3) is 0 Å². The van der Waals surface area contributed by atoms with Crippen LogP contribution in [-0.4, -0.2) is 20.2 Å². The standard InChI is InChI=1S/C12H25NO2S/c1-3-5-11-6-8-12(9-7-11)13-16(14,15)10-4-2/h11-13H,3-10H2,1-2H3. The molecule has 0 spiro atoms. The lowest BCUT2D eigenvalue weighted by atomic mass is 9.84. The van der Waals surface area contributed by atoms with E-state index in [1.165, 1.54) is 25.7 Å². The first-order valence-electron chi connectivity index (χ1n) is 6.57. The Kier molecular flexibility index (Phi) is 5.76.